The molecule has 0 bridgehead atoms. The third kappa shape index (κ3) is 3.45. The van der Waals surface area contributed by atoms with Crippen LogP contribution in [0.4, 0.5) is 0 Å². The monoisotopic (exact) mass is 268 g/mol. The van der Waals surface area contributed by atoms with Gasteiger partial charge in [-0.05, 0) is 18.1 Å². The molecular weight excluding hydrogens is 252 g/mol. The molecular formula is C16H16N2O2. The number of hydrogen-bond acceptors (Lipinski definition) is 2. The fraction of sp³-hybridized carbons (Fsp3) is 0.125. The SMILES string of the molecule is O=CNC1=CCC(C=Cc2ccccc2)(NC=O)C=C1. The fourth-order valence-electron chi connectivity index (χ4n) is 2.03. The normalized spacial score (nSPS) is 21.3. The van der Waals surface area contributed by atoms with Crippen molar-refractivity contribution in [1.82, 2.24) is 10.6 Å². The Morgan fingerprint density at radius 1 is 1.10 bits per heavy atom. The van der Waals surface area contributed by atoms with Crippen LogP contribution < -0.4 is 10.6 Å². The predicted molar refractivity (Wildman–Crippen MR) is 78.4 cm³/mol. The zero-order chi connectivity index (χ0) is 14.3. The van der Waals surface area contributed by atoms with Crippen LogP contribution in [0.2, 0.25) is 0 Å². The van der Waals surface area contributed by atoms with Crippen LogP contribution in [0.3, 0.4) is 0 Å². The second-order valence-electron chi connectivity index (χ2n) is 4.51. The van der Waals surface area contributed by atoms with E-state index in [9.17, 15) is 9.59 Å². The van der Waals surface area contributed by atoms with E-state index >= 15 is 0 Å². The third-order valence-corrected chi connectivity index (χ3v) is 3.15. The van der Waals surface area contributed by atoms with Crippen LogP contribution in [0.15, 0.2) is 60.3 Å². The number of carbonyl (C=O) groups is 2. The van der Waals surface area contributed by atoms with Gasteiger partial charge >= 0.3 is 0 Å². The van der Waals surface area contributed by atoms with Gasteiger partial charge in [0.25, 0.3) is 0 Å². The Labute approximate surface area is 117 Å². The van der Waals surface area contributed by atoms with Gasteiger partial charge in [-0.3, -0.25) is 9.59 Å². The van der Waals surface area contributed by atoms with E-state index in [1.54, 1.807) is 6.08 Å². The molecule has 0 radical (unpaired) electrons. The van der Waals surface area contributed by atoms with Crippen molar-refractivity contribution in [3.63, 3.8) is 0 Å². The Morgan fingerprint density at radius 3 is 2.50 bits per heavy atom. The first kappa shape index (κ1) is 13.8. The molecule has 0 saturated heterocycles. The van der Waals surface area contributed by atoms with Crippen molar-refractivity contribution in [3.8, 4) is 0 Å². The van der Waals surface area contributed by atoms with Crippen LogP contribution >= 0.6 is 0 Å². The molecule has 1 aromatic rings. The summed E-state index contributed by atoms with van der Waals surface area (Å²) < 4.78 is 0. The van der Waals surface area contributed by atoms with Crippen molar-refractivity contribution in [2.75, 3.05) is 0 Å². The highest BCUT2D eigenvalue weighted by atomic mass is 16.1. The van der Waals surface area contributed by atoms with Gasteiger partial charge in [-0.25, -0.2) is 0 Å². The molecule has 0 saturated carbocycles. The average Bonchev–Trinajstić information content (AvgIpc) is 2.49. The van der Waals surface area contributed by atoms with Crippen molar-refractivity contribution >= 4 is 18.9 Å². The summed E-state index contributed by atoms with van der Waals surface area (Å²) >= 11 is 0. The first-order valence-electron chi connectivity index (χ1n) is 6.33. The molecule has 1 aliphatic carbocycles. The lowest BCUT2D eigenvalue weighted by Gasteiger charge is -2.28. The van der Waals surface area contributed by atoms with Crippen LogP contribution in [0.1, 0.15) is 12.0 Å². The average molecular weight is 268 g/mol. The van der Waals surface area contributed by atoms with E-state index in [4.69, 9.17) is 0 Å². The standard InChI is InChI=1S/C16H16N2O2/c19-12-17-15-7-10-16(11-8-15,18-13-20)9-6-14-4-2-1-3-5-14/h1-10,12-13H,11H2,(H,17,19)(H,18,20). The zero-order valence-corrected chi connectivity index (χ0v) is 11.0. The van der Waals surface area contributed by atoms with E-state index in [2.05, 4.69) is 10.6 Å². The summed E-state index contributed by atoms with van der Waals surface area (Å²) in [6, 6.07) is 9.86. The van der Waals surface area contributed by atoms with Crippen molar-refractivity contribution in [2.45, 2.75) is 12.0 Å². The first-order chi connectivity index (χ1) is 9.78. The molecule has 0 heterocycles. The van der Waals surface area contributed by atoms with Crippen LogP contribution in [-0.2, 0) is 9.59 Å². The van der Waals surface area contributed by atoms with E-state index in [1.807, 2.05) is 54.6 Å². The van der Waals surface area contributed by atoms with Crippen molar-refractivity contribution < 1.29 is 9.59 Å². The number of rotatable bonds is 6. The summed E-state index contributed by atoms with van der Waals surface area (Å²) in [5.41, 5.74) is 1.25. The molecule has 0 aromatic heterocycles. The van der Waals surface area contributed by atoms with Gasteiger partial charge in [-0.1, -0.05) is 54.6 Å². The van der Waals surface area contributed by atoms with Gasteiger partial charge in [0.15, 0.2) is 0 Å². The minimum Gasteiger partial charge on any atom is -0.346 e. The highest BCUT2D eigenvalue weighted by Gasteiger charge is 2.24. The molecule has 2 rings (SSSR count). The number of carbonyl (C=O) groups excluding carboxylic acids is 2. The first-order valence-corrected chi connectivity index (χ1v) is 6.33. The van der Waals surface area contributed by atoms with Crippen molar-refractivity contribution in [2.24, 2.45) is 0 Å². The topological polar surface area (TPSA) is 58.2 Å². The molecule has 0 aliphatic heterocycles. The van der Waals surface area contributed by atoms with Gasteiger partial charge in [0.05, 0.1) is 5.54 Å². The molecule has 1 aliphatic rings. The van der Waals surface area contributed by atoms with Gasteiger partial charge in [0.2, 0.25) is 12.8 Å². The highest BCUT2D eigenvalue weighted by Crippen LogP contribution is 2.22. The Bertz CT molecular complexity index is 561. The number of allylic oxidation sites excluding steroid dienone is 1. The van der Waals surface area contributed by atoms with Gasteiger partial charge in [-0.2, -0.15) is 0 Å². The Kier molecular flexibility index (Phi) is 4.50. The van der Waals surface area contributed by atoms with E-state index in [-0.39, 0.29) is 0 Å². The molecule has 0 fully saturated rings. The maximum Gasteiger partial charge on any atom is 0.211 e. The third-order valence-electron chi connectivity index (χ3n) is 3.15. The van der Waals surface area contributed by atoms with Crippen LogP contribution in [0.25, 0.3) is 6.08 Å². The quantitative estimate of drug-likeness (QED) is 0.773. The van der Waals surface area contributed by atoms with Gasteiger partial charge < -0.3 is 10.6 Å². The molecule has 20 heavy (non-hydrogen) atoms. The fourth-order valence-corrected chi connectivity index (χ4v) is 2.03. The molecule has 0 spiro atoms. The Morgan fingerprint density at radius 2 is 1.90 bits per heavy atom. The lowest BCUT2D eigenvalue weighted by molar-refractivity contribution is -0.110. The van der Waals surface area contributed by atoms with Gasteiger partial charge in [0.1, 0.15) is 0 Å². The van der Waals surface area contributed by atoms with E-state index < -0.39 is 5.54 Å². The van der Waals surface area contributed by atoms with E-state index in [0.29, 0.717) is 19.2 Å². The van der Waals surface area contributed by atoms with Crippen molar-refractivity contribution in [3.05, 3.63) is 65.9 Å². The number of amides is 2. The molecule has 1 unspecified atom stereocenters. The Balaban J connectivity index is 2.16. The minimum absolute atomic E-state index is 0.550. The van der Waals surface area contributed by atoms with E-state index in [1.165, 1.54) is 0 Å². The van der Waals surface area contributed by atoms with Crippen molar-refractivity contribution in [1.29, 1.82) is 0 Å². The highest BCUT2D eigenvalue weighted by molar-refractivity contribution is 5.59. The molecule has 4 nitrogen and oxygen atoms in total. The van der Waals surface area contributed by atoms with E-state index in [0.717, 1.165) is 11.3 Å². The Hall–Kier alpha value is -2.62. The number of hydrogen-bond donors (Lipinski definition) is 2. The van der Waals surface area contributed by atoms with Crippen LogP contribution in [0, 0.1) is 0 Å². The smallest absolute Gasteiger partial charge is 0.211 e. The maximum atomic E-state index is 10.8. The number of benzene rings is 1. The molecule has 2 amide bonds. The largest absolute Gasteiger partial charge is 0.346 e. The van der Waals surface area contributed by atoms with Crippen LogP contribution in [-0.4, -0.2) is 18.4 Å². The zero-order valence-electron chi connectivity index (χ0n) is 11.0. The summed E-state index contributed by atoms with van der Waals surface area (Å²) in [4.78, 5) is 21.2. The summed E-state index contributed by atoms with van der Waals surface area (Å²) in [7, 11) is 0. The lowest BCUT2D eigenvalue weighted by Crippen LogP contribution is -2.41. The molecule has 4 heteroatoms. The molecule has 2 N–H and O–H groups in total. The van der Waals surface area contributed by atoms with Crippen LogP contribution in [0.5, 0.6) is 0 Å². The lowest BCUT2D eigenvalue weighted by atomic mass is 9.89. The van der Waals surface area contributed by atoms with Gasteiger partial charge in [0, 0.05) is 5.70 Å². The second-order valence-corrected chi connectivity index (χ2v) is 4.51. The number of nitrogens with one attached hydrogen (secondary N) is 2. The molecule has 1 aromatic carbocycles. The molecule has 102 valence electrons. The summed E-state index contributed by atoms with van der Waals surface area (Å²) in [6.07, 6.45) is 11.3. The molecule has 1 atom stereocenters. The minimum atomic E-state index is -0.550. The summed E-state index contributed by atoms with van der Waals surface area (Å²) in [5.74, 6) is 0. The second kappa shape index (κ2) is 6.52. The van der Waals surface area contributed by atoms with Gasteiger partial charge in [-0.15, -0.1) is 0 Å². The predicted octanol–water partition coefficient (Wildman–Crippen LogP) is 1.77. The maximum absolute atomic E-state index is 10.8. The summed E-state index contributed by atoms with van der Waals surface area (Å²) in [5, 5.41) is 5.41. The summed E-state index contributed by atoms with van der Waals surface area (Å²) in [6.45, 7) is 0.